The standard InChI is InChI=1S/C26H21F3N2O2S.C24H17F3O2S/c1-15-20(8-4-9-21(15)25(33)31-14-23(30)32)22-10-3-6-17-13-19(34-24(17)22)12-16-5-2-7-18(11-16)26(27,28)29;1-14-19(8-4-9-20(14)23(28)29)21-10-3-6-16-13-18(30-22(16)21)12-15-5-2-7-17(11-15)24(25,26)27/h2-11,13H,12,14H2,1H3,(H2,30,32)(H,31,33);2-11,13H,12H2,1H3,(H,28,29). The second-order valence-electron chi connectivity index (χ2n) is 15.0. The lowest BCUT2D eigenvalue weighted by Crippen LogP contribution is -2.33. The molecule has 8 aromatic rings. The van der Waals surface area contributed by atoms with E-state index >= 15 is 0 Å². The number of amides is 2. The van der Waals surface area contributed by atoms with E-state index in [0.29, 0.717) is 35.1 Å². The zero-order chi connectivity index (χ0) is 45.9. The molecule has 0 unspecified atom stereocenters. The minimum Gasteiger partial charge on any atom is -0.478 e. The van der Waals surface area contributed by atoms with Crippen molar-refractivity contribution < 1.29 is 45.8 Å². The molecule has 0 atom stereocenters. The highest BCUT2D eigenvalue weighted by molar-refractivity contribution is 7.20. The van der Waals surface area contributed by atoms with Gasteiger partial charge in [0, 0.05) is 37.6 Å². The maximum absolute atomic E-state index is 13.1. The molecular formula is C50H38F6N2O4S2. The van der Waals surface area contributed by atoms with Gasteiger partial charge >= 0.3 is 18.3 Å². The number of carboxylic acid groups (broad SMARTS) is 1. The highest BCUT2D eigenvalue weighted by Crippen LogP contribution is 2.40. The van der Waals surface area contributed by atoms with E-state index in [2.05, 4.69) is 5.32 Å². The van der Waals surface area contributed by atoms with Crippen molar-refractivity contribution in [1.29, 1.82) is 0 Å². The molecule has 2 aromatic heterocycles. The normalized spacial score (nSPS) is 11.6. The fraction of sp³-hybridized carbons (Fsp3) is 0.140. The van der Waals surface area contributed by atoms with Gasteiger partial charge in [0.25, 0.3) is 5.91 Å². The largest absolute Gasteiger partial charge is 0.478 e. The molecule has 6 aromatic carbocycles. The second kappa shape index (κ2) is 18.5. The number of hydrogen-bond acceptors (Lipinski definition) is 5. The topological polar surface area (TPSA) is 109 Å². The van der Waals surface area contributed by atoms with Gasteiger partial charge in [-0.05, 0) is 106 Å². The van der Waals surface area contributed by atoms with Crippen LogP contribution in [0.2, 0.25) is 0 Å². The molecule has 0 spiro atoms. The summed E-state index contributed by atoms with van der Waals surface area (Å²) in [7, 11) is 0. The molecule has 0 aliphatic carbocycles. The Morgan fingerprint density at radius 2 is 0.969 bits per heavy atom. The predicted molar refractivity (Wildman–Crippen MR) is 241 cm³/mol. The quantitative estimate of drug-likeness (QED) is 0.119. The number of benzene rings is 6. The van der Waals surface area contributed by atoms with Crippen LogP contribution in [0.1, 0.15) is 63.9 Å². The molecule has 326 valence electrons. The molecule has 2 amide bonds. The van der Waals surface area contributed by atoms with Crippen molar-refractivity contribution in [3.8, 4) is 22.3 Å². The van der Waals surface area contributed by atoms with E-state index in [1.165, 1.54) is 46.9 Å². The first-order chi connectivity index (χ1) is 30.4. The summed E-state index contributed by atoms with van der Waals surface area (Å²) in [5, 5.41) is 13.9. The third-order valence-electron chi connectivity index (χ3n) is 10.6. The molecule has 0 bridgehead atoms. The van der Waals surface area contributed by atoms with Gasteiger partial charge in [-0.15, -0.1) is 22.7 Å². The Morgan fingerprint density at radius 1 is 0.562 bits per heavy atom. The molecule has 0 aliphatic rings. The summed E-state index contributed by atoms with van der Waals surface area (Å²) in [5.41, 5.74) is 10.7. The Hall–Kier alpha value is -6.77. The Morgan fingerprint density at radius 3 is 1.41 bits per heavy atom. The van der Waals surface area contributed by atoms with E-state index in [0.717, 1.165) is 69.9 Å². The molecule has 14 heteroatoms. The number of carboxylic acids is 1. The number of nitrogens with one attached hydrogen (secondary N) is 1. The Labute approximate surface area is 371 Å². The van der Waals surface area contributed by atoms with E-state index in [4.69, 9.17) is 5.73 Å². The lowest BCUT2D eigenvalue weighted by molar-refractivity contribution is -0.138. The average molecular weight is 909 g/mol. The van der Waals surface area contributed by atoms with Crippen molar-refractivity contribution in [3.63, 3.8) is 0 Å². The lowest BCUT2D eigenvalue weighted by atomic mass is 9.95. The van der Waals surface area contributed by atoms with Crippen LogP contribution >= 0.6 is 22.7 Å². The minimum atomic E-state index is -4.38. The van der Waals surface area contributed by atoms with Gasteiger partial charge in [0.2, 0.25) is 5.91 Å². The maximum Gasteiger partial charge on any atom is 0.416 e. The van der Waals surface area contributed by atoms with Crippen molar-refractivity contribution in [3.05, 3.63) is 188 Å². The summed E-state index contributed by atoms with van der Waals surface area (Å²) in [6, 6.07) is 37.0. The van der Waals surface area contributed by atoms with Crippen molar-refractivity contribution >= 4 is 60.6 Å². The molecule has 0 radical (unpaired) electrons. The highest BCUT2D eigenvalue weighted by Gasteiger charge is 2.31. The van der Waals surface area contributed by atoms with E-state index < -0.39 is 35.4 Å². The molecule has 8 rings (SSSR count). The summed E-state index contributed by atoms with van der Waals surface area (Å²) >= 11 is 3.04. The number of hydrogen-bond donors (Lipinski definition) is 3. The first-order valence-corrected chi connectivity index (χ1v) is 21.4. The molecule has 2 heterocycles. The van der Waals surface area contributed by atoms with E-state index in [1.807, 2.05) is 67.6 Å². The number of aromatic carboxylic acids is 1. The Kier molecular flexibility index (Phi) is 13.1. The van der Waals surface area contributed by atoms with E-state index in [9.17, 15) is 45.8 Å². The number of carbonyl (C=O) groups is 3. The average Bonchev–Trinajstić information content (AvgIpc) is 3.86. The molecule has 0 aliphatic heterocycles. The Balaban J connectivity index is 0.000000193. The summed E-state index contributed by atoms with van der Waals surface area (Å²) in [6.45, 7) is 3.38. The summed E-state index contributed by atoms with van der Waals surface area (Å²) < 4.78 is 80.2. The van der Waals surface area contributed by atoms with Gasteiger partial charge in [-0.3, -0.25) is 9.59 Å². The van der Waals surface area contributed by atoms with Gasteiger partial charge < -0.3 is 16.2 Å². The first-order valence-electron chi connectivity index (χ1n) is 19.7. The summed E-state index contributed by atoms with van der Waals surface area (Å²) in [6.07, 6.45) is -7.96. The Bertz CT molecular complexity index is 3060. The van der Waals surface area contributed by atoms with Crippen LogP contribution in [0.5, 0.6) is 0 Å². The molecule has 6 nitrogen and oxygen atoms in total. The van der Waals surface area contributed by atoms with Gasteiger partial charge in [-0.25, -0.2) is 4.79 Å². The van der Waals surface area contributed by atoms with Crippen LogP contribution in [0.15, 0.2) is 133 Å². The van der Waals surface area contributed by atoms with Crippen molar-refractivity contribution in [2.24, 2.45) is 5.73 Å². The third kappa shape index (κ3) is 10.2. The number of halogens is 6. The molecule has 0 saturated heterocycles. The highest BCUT2D eigenvalue weighted by atomic mass is 32.1. The number of nitrogens with two attached hydrogens (primary N) is 1. The fourth-order valence-electron chi connectivity index (χ4n) is 7.54. The smallest absolute Gasteiger partial charge is 0.416 e. The van der Waals surface area contributed by atoms with Crippen LogP contribution in [-0.2, 0) is 30.0 Å². The molecule has 0 saturated carbocycles. The monoisotopic (exact) mass is 908 g/mol. The van der Waals surface area contributed by atoms with Crippen LogP contribution in [0.25, 0.3) is 42.4 Å². The SMILES string of the molecule is Cc1c(C(=O)NCC(N)=O)cccc1-c1cccc2cc(Cc3cccc(C(F)(F)F)c3)sc12.Cc1c(C(=O)O)cccc1-c1cccc2cc(Cc3cccc(C(F)(F)F)c3)sc12. The number of primary amides is 1. The maximum atomic E-state index is 13.1. The number of rotatable bonds is 10. The first kappa shape index (κ1) is 45.3. The second-order valence-corrected chi connectivity index (χ2v) is 17.3. The lowest BCUT2D eigenvalue weighted by Gasteiger charge is -2.12. The van der Waals surface area contributed by atoms with E-state index in [-0.39, 0.29) is 18.0 Å². The molecular weight excluding hydrogens is 871 g/mol. The van der Waals surface area contributed by atoms with Gasteiger partial charge in [0.05, 0.1) is 23.2 Å². The van der Waals surface area contributed by atoms with Crippen LogP contribution in [-0.4, -0.2) is 29.4 Å². The van der Waals surface area contributed by atoms with Crippen LogP contribution in [0.3, 0.4) is 0 Å². The van der Waals surface area contributed by atoms with Crippen molar-refractivity contribution in [1.82, 2.24) is 5.32 Å². The molecule has 4 N–H and O–H groups in total. The van der Waals surface area contributed by atoms with Crippen molar-refractivity contribution in [2.45, 2.75) is 39.0 Å². The van der Waals surface area contributed by atoms with Gasteiger partial charge in [0.1, 0.15) is 0 Å². The van der Waals surface area contributed by atoms with Gasteiger partial charge in [0.15, 0.2) is 0 Å². The third-order valence-corrected chi connectivity index (χ3v) is 13.0. The predicted octanol–water partition coefficient (Wildman–Crippen LogP) is 12.9. The van der Waals surface area contributed by atoms with Crippen molar-refractivity contribution in [2.75, 3.05) is 6.54 Å². The molecule has 0 fully saturated rings. The minimum absolute atomic E-state index is 0.248. The molecule has 64 heavy (non-hydrogen) atoms. The fourth-order valence-corrected chi connectivity index (χ4v) is 9.98. The van der Waals surface area contributed by atoms with E-state index in [1.54, 1.807) is 43.3 Å². The number of carbonyl (C=O) groups excluding carboxylic acids is 2. The van der Waals surface area contributed by atoms with Crippen LogP contribution < -0.4 is 11.1 Å². The zero-order valence-corrected chi connectivity index (χ0v) is 35.8. The number of thiophene rings is 2. The number of fused-ring (bicyclic) bond motifs is 2. The zero-order valence-electron chi connectivity index (χ0n) is 34.2. The number of alkyl halides is 6. The summed E-state index contributed by atoms with van der Waals surface area (Å²) in [4.78, 5) is 36.9. The van der Waals surface area contributed by atoms with Crippen LogP contribution in [0, 0.1) is 13.8 Å². The van der Waals surface area contributed by atoms with Gasteiger partial charge in [-0.1, -0.05) is 97.1 Å². The van der Waals surface area contributed by atoms with Crippen LogP contribution in [0.4, 0.5) is 26.3 Å². The van der Waals surface area contributed by atoms with Gasteiger partial charge in [-0.2, -0.15) is 26.3 Å². The summed E-state index contributed by atoms with van der Waals surface area (Å²) in [5.74, 6) is -1.99.